The minimum Gasteiger partial charge on any atom is -0.387 e. The third kappa shape index (κ3) is 2.45. The molecule has 1 rings (SSSR count). The number of rotatable bonds is 2. The molecule has 84 valence electrons. The molecule has 0 spiro atoms. The number of hydrogen-bond acceptors (Lipinski definition) is 2. The first-order valence-electron chi connectivity index (χ1n) is 4.11. The van der Waals surface area contributed by atoms with Crippen LogP contribution < -0.4 is 5.73 Å². The highest BCUT2D eigenvalue weighted by Crippen LogP contribution is 2.35. The molecule has 15 heavy (non-hydrogen) atoms. The van der Waals surface area contributed by atoms with Gasteiger partial charge in [0.15, 0.2) is 0 Å². The molecule has 3 N–H and O–H groups in total. The number of hydrogen-bond donors (Lipinski definition) is 2. The predicted molar refractivity (Wildman–Crippen MR) is 45.4 cm³/mol. The van der Waals surface area contributed by atoms with Crippen LogP contribution in [0.25, 0.3) is 0 Å². The van der Waals surface area contributed by atoms with Crippen molar-refractivity contribution < 1.29 is 22.7 Å². The number of benzene rings is 1. The Morgan fingerprint density at radius 3 is 2.40 bits per heavy atom. The van der Waals surface area contributed by atoms with Gasteiger partial charge in [0.25, 0.3) is 0 Å². The molecule has 2 nitrogen and oxygen atoms in total. The third-order valence-electron chi connectivity index (χ3n) is 1.91. The van der Waals surface area contributed by atoms with Gasteiger partial charge in [0.05, 0.1) is 11.7 Å². The van der Waals surface area contributed by atoms with Crippen LogP contribution in [0.3, 0.4) is 0 Å². The zero-order valence-corrected chi connectivity index (χ0v) is 7.55. The lowest BCUT2D eigenvalue weighted by atomic mass is 10.0. The fraction of sp³-hybridized carbons (Fsp3) is 0.333. The van der Waals surface area contributed by atoms with E-state index < -0.39 is 35.8 Å². The van der Waals surface area contributed by atoms with Crippen molar-refractivity contribution in [3.05, 3.63) is 35.1 Å². The van der Waals surface area contributed by atoms with Gasteiger partial charge < -0.3 is 10.8 Å². The first-order chi connectivity index (χ1) is 6.88. The van der Waals surface area contributed by atoms with Crippen LogP contribution in [0.5, 0.6) is 0 Å². The summed E-state index contributed by atoms with van der Waals surface area (Å²) in [5.74, 6) is -1.11. The van der Waals surface area contributed by atoms with Crippen LogP contribution in [-0.2, 0) is 6.18 Å². The second kappa shape index (κ2) is 4.16. The van der Waals surface area contributed by atoms with E-state index in [1.165, 1.54) is 0 Å². The van der Waals surface area contributed by atoms with E-state index in [4.69, 9.17) is 5.73 Å². The summed E-state index contributed by atoms with van der Waals surface area (Å²) in [7, 11) is 0. The molecule has 0 amide bonds. The van der Waals surface area contributed by atoms with Crippen molar-refractivity contribution in [2.75, 3.05) is 6.54 Å². The first kappa shape index (κ1) is 11.9. The quantitative estimate of drug-likeness (QED) is 0.751. The average Bonchev–Trinajstić information content (AvgIpc) is 2.15. The van der Waals surface area contributed by atoms with Crippen molar-refractivity contribution in [1.29, 1.82) is 0 Å². The summed E-state index contributed by atoms with van der Waals surface area (Å²) in [4.78, 5) is 0. The molecule has 0 bridgehead atoms. The van der Waals surface area contributed by atoms with Gasteiger partial charge in [-0.05, 0) is 12.1 Å². The van der Waals surface area contributed by atoms with E-state index in [0.717, 1.165) is 12.1 Å². The standard InChI is InChI=1S/C9H9F4NO/c10-6-3-1-2-5(9(11,12)13)8(6)7(15)4-14/h1-3,7,15H,4,14H2/t7-/m1/s1. The number of nitrogens with two attached hydrogens (primary N) is 1. The highest BCUT2D eigenvalue weighted by Gasteiger charge is 2.36. The smallest absolute Gasteiger partial charge is 0.387 e. The Bertz CT molecular complexity index is 350. The first-order valence-corrected chi connectivity index (χ1v) is 4.11. The fourth-order valence-electron chi connectivity index (χ4n) is 1.24. The molecule has 0 aliphatic heterocycles. The largest absolute Gasteiger partial charge is 0.416 e. The molecule has 0 saturated heterocycles. The molecule has 0 aliphatic rings. The minimum atomic E-state index is -4.70. The van der Waals surface area contributed by atoms with Gasteiger partial charge in [-0.3, -0.25) is 0 Å². The second-order valence-electron chi connectivity index (χ2n) is 2.95. The molecule has 0 unspecified atom stereocenters. The van der Waals surface area contributed by atoms with Crippen LogP contribution in [0.4, 0.5) is 17.6 Å². The summed E-state index contributed by atoms with van der Waals surface area (Å²) in [6.45, 7) is -0.468. The maximum Gasteiger partial charge on any atom is 0.416 e. The van der Waals surface area contributed by atoms with Gasteiger partial charge in [0.2, 0.25) is 0 Å². The van der Waals surface area contributed by atoms with Crippen molar-refractivity contribution in [2.24, 2.45) is 5.73 Å². The highest BCUT2D eigenvalue weighted by atomic mass is 19.4. The van der Waals surface area contributed by atoms with Crippen molar-refractivity contribution in [1.82, 2.24) is 0 Å². The van der Waals surface area contributed by atoms with Gasteiger partial charge in [0, 0.05) is 12.1 Å². The molecule has 0 aromatic heterocycles. The van der Waals surface area contributed by atoms with Gasteiger partial charge in [-0.1, -0.05) is 6.07 Å². The van der Waals surface area contributed by atoms with Crippen LogP contribution in [0, 0.1) is 5.82 Å². The normalized spacial score (nSPS) is 14.0. The molecule has 0 saturated carbocycles. The Balaban J connectivity index is 3.33. The summed E-state index contributed by atoms with van der Waals surface area (Å²) < 4.78 is 50.3. The van der Waals surface area contributed by atoms with Gasteiger partial charge in [0.1, 0.15) is 5.82 Å². The topological polar surface area (TPSA) is 46.2 Å². The molecular formula is C9H9F4NO. The van der Waals surface area contributed by atoms with E-state index >= 15 is 0 Å². The second-order valence-corrected chi connectivity index (χ2v) is 2.95. The Morgan fingerprint density at radius 2 is 1.93 bits per heavy atom. The van der Waals surface area contributed by atoms with Crippen molar-refractivity contribution in [3.63, 3.8) is 0 Å². The molecule has 0 radical (unpaired) electrons. The molecule has 1 aromatic rings. The third-order valence-corrected chi connectivity index (χ3v) is 1.91. The van der Waals surface area contributed by atoms with E-state index in [0.29, 0.717) is 6.07 Å². The Hall–Kier alpha value is -1.14. The lowest BCUT2D eigenvalue weighted by Gasteiger charge is -2.16. The van der Waals surface area contributed by atoms with Gasteiger partial charge >= 0.3 is 6.18 Å². The van der Waals surface area contributed by atoms with Crippen molar-refractivity contribution in [2.45, 2.75) is 12.3 Å². The number of alkyl halides is 3. The lowest BCUT2D eigenvalue weighted by Crippen LogP contribution is -2.19. The van der Waals surface area contributed by atoms with E-state index in [1.807, 2.05) is 0 Å². The summed E-state index contributed by atoms with van der Waals surface area (Å²) in [6.07, 6.45) is -6.35. The lowest BCUT2D eigenvalue weighted by molar-refractivity contribution is -0.139. The van der Waals surface area contributed by atoms with Crippen LogP contribution in [0.1, 0.15) is 17.2 Å². The van der Waals surface area contributed by atoms with Crippen LogP contribution in [0.2, 0.25) is 0 Å². The van der Waals surface area contributed by atoms with Gasteiger partial charge in [-0.15, -0.1) is 0 Å². The van der Waals surface area contributed by atoms with Crippen molar-refractivity contribution in [3.8, 4) is 0 Å². The van der Waals surface area contributed by atoms with Crippen LogP contribution >= 0.6 is 0 Å². The average molecular weight is 223 g/mol. The van der Waals surface area contributed by atoms with Gasteiger partial charge in [-0.25, -0.2) is 4.39 Å². The molecule has 1 atom stereocenters. The molecular weight excluding hydrogens is 214 g/mol. The van der Waals surface area contributed by atoms with E-state index in [-0.39, 0.29) is 0 Å². The number of aliphatic hydroxyl groups excluding tert-OH is 1. The van der Waals surface area contributed by atoms with Crippen molar-refractivity contribution >= 4 is 0 Å². The van der Waals surface area contributed by atoms with Crippen LogP contribution in [-0.4, -0.2) is 11.7 Å². The summed E-state index contributed by atoms with van der Waals surface area (Å²) in [5.41, 5.74) is 3.01. The monoisotopic (exact) mass is 223 g/mol. The molecule has 0 fully saturated rings. The predicted octanol–water partition coefficient (Wildman–Crippen LogP) is 1.84. The number of halogens is 4. The van der Waals surface area contributed by atoms with Gasteiger partial charge in [-0.2, -0.15) is 13.2 Å². The van der Waals surface area contributed by atoms with E-state index in [1.54, 1.807) is 0 Å². The highest BCUT2D eigenvalue weighted by molar-refractivity contribution is 5.33. The summed E-state index contributed by atoms with van der Waals surface area (Å²) in [5, 5.41) is 9.19. The Kier molecular flexibility index (Phi) is 3.31. The zero-order chi connectivity index (χ0) is 11.6. The van der Waals surface area contributed by atoms with Crippen LogP contribution in [0.15, 0.2) is 18.2 Å². The number of aliphatic hydroxyl groups is 1. The Morgan fingerprint density at radius 1 is 1.33 bits per heavy atom. The fourth-order valence-corrected chi connectivity index (χ4v) is 1.24. The maximum absolute atomic E-state index is 13.1. The maximum atomic E-state index is 13.1. The summed E-state index contributed by atoms with van der Waals surface area (Å²) in [6, 6.07) is 2.49. The Labute approximate surface area is 83.3 Å². The SMILES string of the molecule is NC[C@@H](O)c1c(F)cccc1C(F)(F)F. The molecule has 6 heteroatoms. The van der Waals surface area contributed by atoms with E-state index in [9.17, 15) is 22.7 Å². The molecule has 0 aliphatic carbocycles. The minimum absolute atomic E-state index is 0.468. The summed E-state index contributed by atoms with van der Waals surface area (Å²) >= 11 is 0. The molecule has 1 aromatic carbocycles. The van der Waals surface area contributed by atoms with E-state index in [2.05, 4.69) is 0 Å². The zero-order valence-electron chi connectivity index (χ0n) is 7.55. The molecule has 0 heterocycles.